The summed E-state index contributed by atoms with van der Waals surface area (Å²) in [6, 6.07) is 16.1. The standard InChI is InChI=1S/C21H28N2O3S.C20H25N3O3S.B.Na.H/c1-15-23-18(14-27-15)11-9-16-5-7-17(8-6-16)10-12-19(24)13-22-20(25)26-21(2,3)4;1-14-23-17(13-27-14)11-21-16-8-5-15(6-9-16)7-10-18(24)12-22-19(25)26-20(2,3)4;;;/h5-8,14H,9-13H2,1-4H3,(H,22,25);5-6,8-9,11,13H,7,10,12H2,1-4H3,(H,22,25);;;/q;;;+1;-1. The molecule has 2 aromatic carbocycles. The molecule has 0 aliphatic rings. The van der Waals surface area contributed by atoms with Gasteiger partial charge < -0.3 is 21.5 Å². The number of nitrogens with one attached hydrogen (secondary N) is 2. The summed E-state index contributed by atoms with van der Waals surface area (Å²) in [5.74, 6) is -0.0503. The Labute approximate surface area is 365 Å². The van der Waals surface area contributed by atoms with Gasteiger partial charge in [0.15, 0.2) is 11.6 Å². The minimum absolute atomic E-state index is 0. The van der Waals surface area contributed by atoms with Crippen molar-refractivity contribution in [2.75, 3.05) is 13.1 Å². The molecular formula is C41H54BN5NaO6S2. The molecule has 11 nitrogen and oxygen atoms in total. The molecule has 0 saturated carbocycles. The molecule has 0 aliphatic carbocycles. The summed E-state index contributed by atoms with van der Waals surface area (Å²) in [5.41, 5.74) is 5.12. The molecule has 15 heteroatoms. The van der Waals surface area contributed by atoms with Crippen LogP contribution < -0.4 is 40.2 Å². The van der Waals surface area contributed by atoms with E-state index in [1.165, 1.54) is 5.56 Å². The van der Waals surface area contributed by atoms with Crippen molar-refractivity contribution in [2.24, 2.45) is 4.99 Å². The number of Topliss-reactive ketones (excluding diaryl/α,β-unsaturated/α-hetero) is 2. The van der Waals surface area contributed by atoms with Gasteiger partial charge in [-0.3, -0.25) is 14.6 Å². The van der Waals surface area contributed by atoms with Crippen LogP contribution in [0.15, 0.2) is 64.3 Å². The van der Waals surface area contributed by atoms with Gasteiger partial charge in [0.05, 0.1) is 46.4 Å². The number of aryl methyl sites for hydroxylation is 6. The first-order valence-electron chi connectivity index (χ1n) is 17.9. The smallest absolute Gasteiger partial charge is 1.00 e. The number of ketones is 2. The zero-order chi connectivity index (χ0) is 39.7. The summed E-state index contributed by atoms with van der Waals surface area (Å²) >= 11 is 3.27. The van der Waals surface area contributed by atoms with Crippen molar-refractivity contribution in [1.82, 2.24) is 20.6 Å². The van der Waals surface area contributed by atoms with Gasteiger partial charge in [-0.1, -0.05) is 36.4 Å². The van der Waals surface area contributed by atoms with Crippen LogP contribution in [0.25, 0.3) is 0 Å². The van der Waals surface area contributed by atoms with Crippen LogP contribution in [0, 0.1) is 13.8 Å². The Morgan fingerprint density at radius 2 is 1.11 bits per heavy atom. The van der Waals surface area contributed by atoms with Gasteiger partial charge in [0.2, 0.25) is 0 Å². The summed E-state index contributed by atoms with van der Waals surface area (Å²) in [5, 5.41) is 11.2. The fourth-order valence-electron chi connectivity index (χ4n) is 4.71. The molecule has 56 heavy (non-hydrogen) atoms. The summed E-state index contributed by atoms with van der Waals surface area (Å²) in [7, 11) is 0. The van der Waals surface area contributed by atoms with Gasteiger partial charge in [-0.2, -0.15) is 0 Å². The molecule has 295 valence electrons. The van der Waals surface area contributed by atoms with Crippen LogP contribution in [0.2, 0.25) is 0 Å². The number of carbonyl (C=O) groups is 4. The van der Waals surface area contributed by atoms with Crippen LogP contribution in [0.1, 0.15) is 93.9 Å². The van der Waals surface area contributed by atoms with E-state index in [-0.39, 0.29) is 64.1 Å². The molecule has 2 amide bonds. The van der Waals surface area contributed by atoms with Crippen molar-refractivity contribution in [3.63, 3.8) is 0 Å². The summed E-state index contributed by atoms with van der Waals surface area (Å²) in [4.78, 5) is 60.2. The van der Waals surface area contributed by atoms with Crippen LogP contribution in [0.5, 0.6) is 0 Å². The molecule has 2 N–H and O–H groups in total. The third-order valence-corrected chi connectivity index (χ3v) is 8.94. The number of aliphatic imine (C=N–C) groups is 1. The number of hydrogen-bond donors (Lipinski definition) is 2. The van der Waals surface area contributed by atoms with E-state index in [0.717, 1.165) is 51.1 Å². The Hall–Kier alpha value is -3.69. The van der Waals surface area contributed by atoms with E-state index in [9.17, 15) is 19.2 Å². The van der Waals surface area contributed by atoms with Crippen molar-refractivity contribution in [3.05, 3.63) is 97.4 Å². The second-order valence-electron chi connectivity index (χ2n) is 14.7. The molecular weight excluding hydrogens is 756 g/mol. The number of carbonyl (C=O) groups excluding carboxylic acids is 4. The molecule has 2 aromatic heterocycles. The molecule has 0 aliphatic heterocycles. The molecule has 3 radical (unpaired) electrons. The molecule has 4 aromatic rings. The number of aromatic nitrogens is 2. The van der Waals surface area contributed by atoms with Crippen LogP contribution in [0.4, 0.5) is 15.3 Å². The molecule has 0 fully saturated rings. The Bertz CT molecular complexity index is 1860. The number of hydrogen-bond acceptors (Lipinski definition) is 11. The average Bonchev–Trinajstić information content (AvgIpc) is 3.72. The Morgan fingerprint density at radius 3 is 1.52 bits per heavy atom. The first kappa shape index (κ1) is 50.3. The van der Waals surface area contributed by atoms with E-state index in [1.54, 1.807) is 70.4 Å². The summed E-state index contributed by atoms with van der Waals surface area (Å²) in [6.45, 7) is 14.7. The Morgan fingerprint density at radius 1 is 0.679 bits per heavy atom. The zero-order valence-corrected chi connectivity index (χ0v) is 37.8. The maximum Gasteiger partial charge on any atom is 1.00 e. The number of nitrogens with zero attached hydrogens (tertiary/aromatic N) is 3. The quantitative estimate of drug-likeness (QED) is 0.123. The van der Waals surface area contributed by atoms with E-state index in [4.69, 9.17) is 9.47 Å². The first-order chi connectivity index (χ1) is 25.4. The van der Waals surface area contributed by atoms with Crippen LogP contribution in [-0.2, 0) is 44.7 Å². The minimum atomic E-state index is -0.576. The van der Waals surface area contributed by atoms with E-state index < -0.39 is 23.4 Å². The van der Waals surface area contributed by atoms with Gasteiger partial charge in [-0.05, 0) is 110 Å². The maximum atomic E-state index is 11.9. The SMILES string of the molecule is Cc1nc(C=Nc2ccc(CCC(=O)CNC(=O)OC(C)(C)C)cc2)cs1.Cc1nc(CCc2ccc(CCC(=O)CNC(=O)OC(C)(C)C)cc2)cs1.[B].[H-].[Na+]. The molecule has 0 bridgehead atoms. The van der Waals surface area contributed by atoms with Crippen LogP contribution >= 0.6 is 22.7 Å². The fraction of sp³-hybridized carbons (Fsp3) is 0.439. The molecule has 0 saturated heterocycles. The van der Waals surface area contributed by atoms with Crippen LogP contribution in [-0.4, -0.2) is 72.6 Å². The number of thiazole rings is 2. The molecule has 0 spiro atoms. The summed E-state index contributed by atoms with van der Waals surface area (Å²) < 4.78 is 10.2. The topological polar surface area (TPSA) is 149 Å². The third-order valence-electron chi connectivity index (χ3n) is 7.32. The number of alkyl carbamates (subject to hydrolysis) is 2. The van der Waals surface area contributed by atoms with Crippen LogP contribution in [0.3, 0.4) is 0 Å². The van der Waals surface area contributed by atoms with Gasteiger partial charge in [0.25, 0.3) is 0 Å². The van der Waals surface area contributed by atoms with Gasteiger partial charge >= 0.3 is 41.7 Å². The van der Waals surface area contributed by atoms with E-state index in [0.29, 0.717) is 25.7 Å². The predicted molar refractivity (Wildman–Crippen MR) is 223 cm³/mol. The molecule has 0 atom stereocenters. The number of ether oxygens (including phenoxy) is 2. The van der Waals surface area contributed by atoms with Gasteiger partial charge in [0, 0.05) is 32.0 Å². The third kappa shape index (κ3) is 22.2. The predicted octanol–water partition coefficient (Wildman–Crippen LogP) is 5.23. The Kier molecular flexibility index (Phi) is 22.3. The largest absolute Gasteiger partial charge is 1.00 e. The second kappa shape index (κ2) is 24.8. The number of benzene rings is 2. The van der Waals surface area contributed by atoms with E-state index >= 15 is 0 Å². The maximum absolute atomic E-state index is 11.9. The monoisotopic (exact) mass is 810 g/mol. The van der Waals surface area contributed by atoms with E-state index in [1.807, 2.05) is 43.5 Å². The molecule has 0 unspecified atom stereocenters. The molecule has 4 rings (SSSR count). The van der Waals surface area contributed by atoms with Gasteiger partial charge in [-0.25, -0.2) is 19.6 Å². The van der Waals surface area contributed by atoms with E-state index in [2.05, 4.69) is 55.2 Å². The fourth-order valence-corrected chi connectivity index (χ4v) is 5.92. The second-order valence-corrected chi connectivity index (χ2v) is 16.8. The van der Waals surface area contributed by atoms with Crippen molar-refractivity contribution >= 4 is 66.7 Å². The first-order valence-corrected chi connectivity index (χ1v) is 19.7. The minimum Gasteiger partial charge on any atom is -1.00 e. The molecule has 2 heterocycles. The van der Waals surface area contributed by atoms with Crippen molar-refractivity contribution in [2.45, 2.75) is 105 Å². The summed E-state index contributed by atoms with van der Waals surface area (Å²) in [6.07, 6.45) is 4.54. The average molecular weight is 811 g/mol. The number of rotatable bonds is 15. The van der Waals surface area contributed by atoms with Gasteiger partial charge in [-0.15, -0.1) is 22.7 Å². The van der Waals surface area contributed by atoms with Gasteiger partial charge in [0.1, 0.15) is 11.2 Å². The Balaban J connectivity index is 0.00000105. The number of amides is 2. The van der Waals surface area contributed by atoms with Crippen molar-refractivity contribution in [1.29, 1.82) is 0 Å². The van der Waals surface area contributed by atoms with Crippen molar-refractivity contribution in [3.8, 4) is 0 Å². The zero-order valence-electron chi connectivity index (χ0n) is 35.2. The normalized spacial score (nSPS) is 11.0. The van der Waals surface area contributed by atoms with Crippen molar-refractivity contribution < 1.29 is 59.6 Å².